The molecule has 40 heavy (non-hydrogen) atoms. The van der Waals surface area contributed by atoms with Crippen LogP contribution in [0.3, 0.4) is 0 Å². The van der Waals surface area contributed by atoms with Crippen LogP contribution in [0.1, 0.15) is 47.4 Å². The normalized spacial score (nSPS) is 17.0. The highest BCUT2D eigenvalue weighted by Gasteiger charge is 2.42. The summed E-state index contributed by atoms with van der Waals surface area (Å²) in [5, 5.41) is 22.2. The van der Waals surface area contributed by atoms with Gasteiger partial charge < -0.3 is 10.5 Å². The number of allylic oxidation sites excluding steroid dienone is 3. The minimum absolute atomic E-state index is 0.0688. The molecule has 5 rings (SSSR count). The van der Waals surface area contributed by atoms with Gasteiger partial charge in [-0.05, 0) is 79.3 Å². The summed E-state index contributed by atoms with van der Waals surface area (Å²) in [4.78, 5) is 26.4. The van der Waals surface area contributed by atoms with Crippen molar-refractivity contribution in [3.05, 3.63) is 122 Å². The molecule has 0 aromatic heterocycles. The van der Waals surface area contributed by atoms with Gasteiger partial charge >= 0.3 is 0 Å². The minimum atomic E-state index is -0.725. The molecule has 1 aliphatic heterocycles. The van der Waals surface area contributed by atoms with Crippen molar-refractivity contribution in [3.8, 4) is 11.8 Å². The summed E-state index contributed by atoms with van der Waals surface area (Å²) in [5.41, 5.74) is 11.3. The molecule has 9 heteroatoms. The van der Waals surface area contributed by atoms with E-state index in [1.165, 1.54) is 23.1 Å². The zero-order chi connectivity index (χ0) is 28.6. The smallest absolute Gasteiger partial charge is 0.293 e. The number of ketones is 1. The van der Waals surface area contributed by atoms with Gasteiger partial charge in [-0.15, -0.1) is 0 Å². The number of nitriles is 1. The van der Waals surface area contributed by atoms with Crippen LogP contribution in [0.15, 0.2) is 83.3 Å². The lowest BCUT2D eigenvalue weighted by Crippen LogP contribution is -2.39. The zero-order valence-corrected chi connectivity index (χ0v) is 22.1. The van der Waals surface area contributed by atoms with Crippen molar-refractivity contribution in [2.45, 2.75) is 45.6 Å². The summed E-state index contributed by atoms with van der Waals surface area (Å²) in [7, 11) is 0. The number of nitrogens with zero attached hydrogens (tertiary/aromatic N) is 3. The maximum atomic E-state index is 13.5. The Hall–Kier alpha value is -4.97. The Bertz CT molecular complexity index is 1640. The number of para-hydroxylation sites is 2. The van der Waals surface area contributed by atoms with Gasteiger partial charge in [0.05, 0.1) is 22.5 Å². The number of nitro groups is 1. The van der Waals surface area contributed by atoms with Crippen molar-refractivity contribution >= 4 is 17.2 Å². The number of carbonyl (C=O) groups excluding carboxylic acids is 1. The molecule has 3 aromatic rings. The van der Waals surface area contributed by atoms with Gasteiger partial charge in [0, 0.05) is 23.8 Å². The van der Waals surface area contributed by atoms with E-state index < -0.39 is 10.8 Å². The second kappa shape index (κ2) is 10.7. The van der Waals surface area contributed by atoms with E-state index in [4.69, 9.17) is 10.5 Å². The predicted octanol–water partition coefficient (Wildman–Crippen LogP) is 6.23. The molecule has 0 amide bonds. The van der Waals surface area contributed by atoms with Gasteiger partial charge in [0.25, 0.3) is 5.69 Å². The van der Waals surface area contributed by atoms with E-state index in [0.29, 0.717) is 36.3 Å². The molecule has 1 aliphatic carbocycles. The first-order valence-electron chi connectivity index (χ1n) is 12.9. The number of nitrogens with two attached hydrogens (primary N) is 1. The summed E-state index contributed by atoms with van der Waals surface area (Å²) >= 11 is 0. The molecule has 2 aliphatic rings. The van der Waals surface area contributed by atoms with Crippen LogP contribution in [0.5, 0.6) is 5.75 Å². The van der Waals surface area contributed by atoms with E-state index >= 15 is 0 Å². The largest absolute Gasteiger partial charge is 0.489 e. The molecule has 2 N–H and O–H groups in total. The summed E-state index contributed by atoms with van der Waals surface area (Å²) in [6, 6.07) is 18.0. The Balaban J connectivity index is 1.65. The first-order chi connectivity index (χ1) is 19.2. The number of hydrogen-bond donors (Lipinski definition) is 1. The zero-order valence-electron chi connectivity index (χ0n) is 22.1. The second-order valence-electron chi connectivity index (χ2n) is 9.94. The fourth-order valence-electron chi connectivity index (χ4n) is 5.55. The molecule has 0 bridgehead atoms. The van der Waals surface area contributed by atoms with Gasteiger partial charge in [-0.2, -0.15) is 5.26 Å². The maximum Gasteiger partial charge on any atom is 0.293 e. The third-order valence-electron chi connectivity index (χ3n) is 7.48. The lowest BCUT2D eigenvalue weighted by Gasteiger charge is -2.39. The Morgan fingerprint density at radius 2 is 1.85 bits per heavy atom. The molecule has 0 fully saturated rings. The number of rotatable bonds is 6. The number of benzene rings is 3. The third kappa shape index (κ3) is 4.69. The highest BCUT2D eigenvalue weighted by molar-refractivity contribution is 6.01. The monoisotopic (exact) mass is 538 g/mol. The average molecular weight is 539 g/mol. The van der Waals surface area contributed by atoms with Crippen LogP contribution in [0.2, 0.25) is 0 Å². The van der Waals surface area contributed by atoms with Crippen LogP contribution in [-0.4, -0.2) is 10.7 Å². The van der Waals surface area contributed by atoms with Gasteiger partial charge in [0.1, 0.15) is 29.7 Å². The molecule has 0 saturated carbocycles. The Kier molecular flexibility index (Phi) is 7.09. The highest BCUT2D eigenvalue weighted by atomic mass is 19.1. The number of halogens is 1. The molecule has 8 nitrogen and oxygen atoms in total. The second-order valence-corrected chi connectivity index (χ2v) is 9.94. The summed E-state index contributed by atoms with van der Waals surface area (Å²) < 4.78 is 19.2. The van der Waals surface area contributed by atoms with Gasteiger partial charge in [0.15, 0.2) is 5.78 Å². The number of Topliss-reactive ketones (excluding diaryl/α,β-unsaturated/α-hetero) is 1. The van der Waals surface area contributed by atoms with Gasteiger partial charge in [-0.3, -0.25) is 19.8 Å². The molecule has 1 atom stereocenters. The molecular formula is C31H27FN4O4. The fourth-order valence-corrected chi connectivity index (χ4v) is 5.55. The first-order valence-corrected chi connectivity index (χ1v) is 12.9. The van der Waals surface area contributed by atoms with Crippen molar-refractivity contribution in [3.63, 3.8) is 0 Å². The van der Waals surface area contributed by atoms with Crippen molar-refractivity contribution in [1.29, 1.82) is 5.26 Å². The fraction of sp³-hybridized carbons (Fsp3) is 0.226. The lowest BCUT2D eigenvalue weighted by atomic mass is 9.74. The highest BCUT2D eigenvalue weighted by Crippen LogP contribution is 2.48. The number of carbonyl (C=O) groups is 1. The van der Waals surface area contributed by atoms with Gasteiger partial charge in [-0.25, -0.2) is 4.39 Å². The number of ether oxygens (including phenoxy) is 1. The lowest BCUT2D eigenvalue weighted by molar-refractivity contribution is -0.384. The van der Waals surface area contributed by atoms with Gasteiger partial charge in [0.2, 0.25) is 0 Å². The van der Waals surface area contributed by atoms with Crippen molar-refractivity contribution < 1.29 is 18.8 Å². The van der Waals surface area contributed by atoms with Crippen LogP contribution in [0.4, 0.5) is 15.8 Å². The van der Waals surface area contributed by atoms with Crippen LogP contribution < -0.4 is 15.4 Å². The molecule has 0 saturated heterocycles. The number of anilines is 1. The van der Waals surface area contributed by atoms with Crippen LogP contribution >= 0.6 is 0 Å². The average Bonchev–Trinajstić information content (AvgIpc) is 2.93. The molecule has 0 radical (unpaired) electrons. The molecule has 202 valence electrons. The van der Waals surface area contributed by atoms with Crippen molar-refractivity contribution in [1.82, 2.24) is 0 Å². The van der Waals surface area contributed by atoms with E-state index in [1.54, 1.807) is 30.3 Å². The number of aryl methyl sites for hydroxylation is 2. The number of hydrogen-bond acceptors (Lipinski definition) is 7. The SMILES string of the molecule is Cc1cc(C)c(C2C(C#N)=C(N)N(c3ccccc3[N+](=O)[O-])C3=C2C(=O)CCC3)cc1COc1ccc(F)cc1. The standard InChI is InChI=1S/C31H27FN4O4/c1-18-14-19(2)23(15-20(18)17-40-22-12-10-21(32)11-13-22)29-24(16-33)31(34)35(27-8-5-9-28(37)30(27)29)25-6-3-4-7-26(25)36(38)39/h3-4,6-7,10-15,29H,5,8-9,17,34H2,1-2H3. The van der Waals surface area contributed by atoms with E-state index in [-0.39, 0.29) is 41.0 Å². The molecule has 3 aromatic carbocycles. The van der Waals surface area contributed by atoms with Crippen LogP contribution in [0.25, 0.3) is 0 Å². The quantitative estimate of drug-likeness (QED) is 0.291. The topological polar surface area (TPSA) is 122 Å². The molecular weight excluding hydrogens is 511 g/mol. The summed E-state index contributed by atoms with van der Waals surface area (Å²) in [5.74, 6) is -0.617. The Morgan fingerprint density at radius 1 is 1.12 bits per heavy atom. The Labute approximate surface area is 230 Å². The molecule has 0 spiro atoms. The third-order valence-corrected chi connectivity index (χ3v) is 7.48. The summed E-state index contributed by atoms with van der Waals surface area (Å²) in [6.07, 6.45) is 1.36. The Morgan fingerprint density at radius 3 is 2.55 bits per heavy atom. The van der Waals surface area contributed by atoms with E-state index in [9.17, 15) is 24.6 Å². The van der Waals surface area contributed by atoms with Crippen LogP contribution in [0, 0.1) is 41.1 Å². The molecule has 1 unspecified atom stereocenters. The molecule has 1 heterocycles. The minimum Gasteiger partial charge on any atom is -0.489 e. The summed E-state index contributed by atoms with van der Waals surface area (Å²) in [6.45, 7) is 4.06. The van der Waals surface area contributed by atoms with Crippen molar-refractivity contribution in [2.75, 3.05) is 4.90 Å². The van der Waals surface area contributed by atoms with Gasteiger partial charge in [-0.1, -0.05) is 24.3 Å². The van der Waals surface area contributed by atoms with E-state index in [0.717, 1.165) is 22.3 Å². The predicted molar refractivity (Wildman–Crippen MR) is 148 cm³/mol. The van der Waals surface area contributed by atoms with Crippen molar-refractivity contribution in [2.24, 2.45) is 5.73 Å². The van der Waals surface area contributed by atoms with E-state index in [2.05, 4.69) is 6.07 Å². The number of nitro benzene ring substituents is 1. The maximum absolute atomic E-state index is 13.5. The van der Waals surface area contributed by atoms with E-state index in [1.807, 2.05) is 26.0 Å². The van der Waals surface area contributed by atoms with Crippen LogP contribution in [-0.2, 0) is 11.4 Å². The first kappa shape index (κ1) is 26.6.